The second-order valence-corrected chi connectivity index (χ2v) is 3.11. The summed E-state index contributed by atoms with van der Waals surface area (Å²) in [6, 6.07) is 0. The van der Waals surface area contributed by atoms with Crippen molar-refractivity contribution in [1.82, 2.24) is 0 Å². The molecule has 0 aliphatic rings. The van der Waals surface area contributed by atoms with Crippen LogP contribution in [0.15, 0.2) is 0 Å². The molecule has 0 saturated heterocycles. The first kappa shape index (κ1) is 7.89. The Morgan fingerprint density at radius 1 is 1.22 bits per heavy atom. The summed E-state index contributed by atoms with van der Waals surface area (Å²) in [6.45, 7) is 0. The molecule has 0 rings (SSSR count). The maximum absolute atomic E-state index is 10.3. The Hall–Kier alpha value is -1.11. The number of hydrogen-bond acceptors (Lipinski definition) is 4. The van der Waals surface area contributed by atoms with E-state index in [2.05, 4.69) is 11.5 Å². The molecule has 52 valence electrons. The quantitative estimate of drug-likeness (QED) is 0.418. The van der Waals surface area contributed by atoms with E-state index in [1.807, 2.05) is 0 Å². The Morgan fingerprint density at radius 3 is 1.44 bits per heavy atom. The first-order valence-corrected chi connectivity index (χ1v) is 3.32. The van der Waals surface area contributed by atoms with Crippen LogP contribution in [0.25, 0.3) is 0 Å². The van der Waals surface area contributed by atoms with Gasteiger partial charge >= 0.3 is 10.5 Å². The summed E-state index contributed by atoms with van der Waals surface area (Å²) in [7, 11) is -4.04. The lowest BCUT2D eigenvalue weighted by atomic mass is 11.4. The molecule has 0 bridgehead atoms. The van der Waals surface area contributed by atoms with Crippen molar-refractivity contribution in [1.29, 1.82) is 4.78 Å². The van der Waals surface area contributed by atoms with Crippen LogP contribution in [0.5, 0.6) is 0 Å². The van der Waals surface area contributed by atoms with E-state index >= 15 is 0 Å². The van der Waals surface area contributed by atoms with E-state index < -0.39 is 20.2 Å². The summed E-state index contributed by atoms with van der Waals surface area (Å²) in [5, 5.41) is -3.01. The third-order valence-electron chi connectivity index (χ3n) is 0.567. The van der Waals surface area contributed by atoms with Gasteiger partial charge in [0.1, 0.15) is 0 Å². The summed E-state index contributed by atoms with van der Waals surface area (Å²) >= 11 is 0. The van der Waals surface area contributed by atoms with Crippen molar-refractivity contribution < 1.29 is 13.8 Å². The largest absolute Gasteiger partial charge is 0.357 e. The molecule has 2 amide bonds. The molecule has 0 saturated carbocycles. The van der Waals surface area contributed by atoms with Crippen molar-refractivity contribution in [3.8, 4) is 0 Å². The number of primary amides is 2. The van der Waals surface area contributed by atoms with Crippen molar-refractivity contribution in [2.45, 2.75) is 0 Å². The molecular formula is C2H5N3O3S. The Kier molecular flexibility index (Phi) is 1.77. The lowest BCUT2D eigenvalue weighted by molar-refractivity contribution is 0.262. The lowest BCUT2D eigenvalue weighted by Crippen LogP contribution is -2.31. The second kappa shape index (κ2) is 2.02. The van der Waals surface area contributed by atoms with Gasteiger partial charge in [0, 0.05) is 0 Å². The second-order valence-electron chi connectivity index (χ2n) is 1.19. The van der Waals surface area contributed by atoms with E-state index in [0.717, 1.165) is 0 Å². The molecule has 7 heteroatoms. The Bertz CT molecular complexity index is 220. The van der Waals surface area contributed by atoms with Gasteiger partial charge in [0.25, 0.3) is 0 Å². The number of carbonyl (C=O) groups is 2. The summed E-state index contributed by atoms with van der Waals surface area (Å²) < 4.78 is 16.7. The molecule has 0 radical (unpaired) electrons. The number of hydrogen-bond donors (Lipinski definition) is 3. The monoisotopic (exact) mass is 151 g/mol. The maximum atomic E-state index is 10.3. The standard InChI is InChI=1S/C2H5N3O3S/c3-1(6)9(5,8)2(4)7/h5H,(H2,3,6)(H2,4,7). The summed E-state index contributed by atoms with van der Waals surface area (Å²) in [5.74, 6) is 0. The highest BCUT2D eigenvalue weighted by Crippen LogP contribution is 1.88. The third kappa shape index (κ3) is 1.39. The number of nitrogens with one attached hydrogen (secondary N) is 1. The van der Waals surface area contributed by atoms with Gasteiger partial charge in [-0.1, -0.05) is 0 Å². The third-order valence-corrected chi connectivity index (χ3v) is 1.70. The average Bonchev–Trinajstić information content (AvgIpc) is 1.65. The minimum Gasteiger partial charge on any atom is -0.357 e. The molecule has 0 aliphatic heterocycles. The molecule has 0 spiro atoms. The molecule has 9 heavy (non-hydrogen) atoms. The lowest BCUT2D eigenvalue weighted by Gasteiger charge is -1.92. The highest BCUT2D eigenvalue weighted by molar-refractivity contribution is 8.19. The summed E-state index contributed by atoms with van der Waals surface area (Å²) in [5.41, 5.74) is 8.74. The van der Waals surface area contributed by atoms with Gasteiger partial charge in [-0.15, -0.1) is 0 Å². The minimum atomic E-state index is -4.04. The van der Waals surface area contributed by atoms with Crippen molar-refractivity contribution in [2.24, 2.45) is 11.5 Å². The van der Waals surface area contributed by atoms with Gasteiger partial charge in [-0.2, -0.15) is 0 Å². The zero-order valence-electron chi connectivity index (χ0n) is 4.29. The first-order chi connectivity index (χ1) is 3.89. The molecule has 0 fully saturated rings. The number of carbonyl (C=O) groups excluding carboxylic acids is 2. The van der Waals surface area contributed by atoms with E-state index in [9.17, 15) is 13.8 Å². The van der Waals surface area contributed by atoms with E-state index in [0.29, 0.717) is 0 Å². The molecule has 0 aromatic rings. The highest BCUT2D eigenvalue weighted by atomic mass is 32.2. The zero-order chi connectivity index (χ0) is 7.65. The molecule has 0 aromatic carbocycles. The smallest absolute Gasteiger partial charge is 0.323 e. The van der Waals surface area contributed by atoms with Crippen LogP contribution in [0, 0.1) is 4.78 Å². The van der Waals surface area contributed by atoms with Crippen LogP contribution in [-0.4, -0.2) is 14.7 Å². The molecule has 0 aliphatic carbocycles. The van der Waals surface area contributed by atoms with Crippen molar-refractivity contribution in [3.63, 3.8) is 0 Å². The van der Waals surface area contributed by atoms with Gasteiger partial charge < -0.3 is 11.5 Å². The van der Waals surface area contributed by atoms with Crippen molar-refractivity contribution in [3.05, 3.63) is 0 Å². The summed E-state index contributed by atoms with van der Waals surface area (Å²) in [6.07, 6.45) is 0. The van der Waals surface area contributed by atoms with Gasteiger partial charge in [-0.05, 0) is 0 Å². The van der Waals surface area contributed by atoms with E-state index in [4.69, 9.17) is 4.78 Å². The molecule has 0 heterocycles. The number of rotatable bonds is 0. The predicted octanol–water partition coefficient (Wildman–Crippen LogP) is -0.809. The SMILES string of the molecule is N=S(=O)(C(N)=O)C(N)=O. The Morgan fingerprint density at radius 2 is 1.44 bits per heavy atom. The number of amides is 2. The summed E-state index contributed by atoms with van der Waals surface area (Å²) in [4.78, 5) is 19.8. The van der Waals surface area contributed by atoms with E-state index in [1.165, 1.54) is 0 Å². The highest BCUT2D eigenvalue weighted by Gasteiger charge is 2.20. The topological polar surface area (TPSA) is 127 Å². The molecule has 0 atom stereocenters. The van der Waals surface area contributed by atoms with E-state index in [-0.39, 0.29) is 0 Å². The van der Waals surface area contributed by atoms with Crippen LogP contribution < -0.4 is 11.5 Å². The fourth-order valence-corrected chi connectivity index (χ4v) is 0.297. The van der Waals surface area contributed by atoms with Gasteiger partial charge in [0.05, 0.1) is 0 Å². The predicted molar refractivity (Wildman–Crippen MR) is 30.0 cm³/mol. The number of nitrogens with two attached hydrogens (primary N) is 2. The fraction of sp³-hybridized carbons (Fsp3) is 0. The molecule has 0 aromatic heterocycles. The van der Waals surface area contributed by atoms with Crippen LogP contribution in [0.3, 0.4) is 0 Å². The van der Waals surface area contributed by atoms with Crippen LogP contribution in [0.4, 0.5) is 9.59 Å². The normalized spacial score (nSPS) is 10.7. The minimum absolute atomic E-state index is 1.50. The van der Waals surface area contributed by atoms with Gasteiger partial charge in [-0.25, -0.2) is 8.99 Å². The zero-order valence-corrected chi connectivity index (χ0v) is 5.10. The molecular weight excluding hydrogens is 146 g/mol. The maximum Gasteiger partial charge on any atom is 0.323 e. The van der Waals surface area contributed by atoms with Gasteiger partial charge in [0.15, 0.2) is 0 Å². The van der Waals surface area contributed by atoms with Crippen LogP contribution >= 0.6 is 0 Å². The van der Waals surface area contributed by atoms with Crippen LogP contribution in [-0.2, 0) is 9.73 Å². The van der Waals surface area contributed by atoms with Crippen LogP contribution in [0.2, 0.25) is 0 Å². The van der Waals surface area contributed by atoms with E-state index in [1.54, 1.807) is 0 Å². The van der Waals surface area contributed by atoms with Gasteiger partial charge in [0.2, 0.25) is 9.73 Å². The van der Waals surface area contributed by atoms with Gasteiger partial charge in [-0.3, -0.25) is 9.59 Å². The fourth-order valence-electron chi connectivity index (χ4n) is 0.0991. The Labute approximate surface area is 51.2 Å². The van der Waals surface area contributed by atoms with Crippen LogP contribution in [0.1, 0.15) is 0 Å². The average molecular weight is 151 g/mol. The Balaban J connectivity index is 4.87. The van der Waals surface area contributed by atoms with Crippen molar-refractivity contribution >= 4 is 20.2 Å². The molecule has 5 N–H and O–H groups in total. The molecule has 6 nitrogen and oxygen atoms in total. The first-order valence-electron chi connectivity index (χ1n) is 1.76. The van der Waals surface area contributed by atoms with Crippen molar-refractivity contribution in [2.75, 3.05) is 0 Å². The molecule has 0 unspecified atom stereocenters.